The van der Waals surface area contributed by atoms with Crippen molar-refractivity contribution in [1.29, 1.82) is 0 Å². The molecule has 74 valence electrons. The third-order valence-corrected chi connectivity index (χ3v) is 2.19. The van der Waals surface area contributed by atoms with Crippen molar-refractivity contribution < 1.29 is 9.21 Å². The van der Waals surface area contributed by atoms with Crippen LogP contribution >= 0.6 is 0 Å². The molecule has 0 N–H and O–H groups in total. The zero-order chi connectivity index (χ0) is 10.7. The van der Waals surface area contributed by atoms with Gasteiger partial charge in [0.2, 0.25) is 0 Å². The van der Waals surface area contributed by atoms with Crippen LogP contribution in [0.5, 0.6) is 0 Å². The van der Waals surface area contributed by atoms with Crippen molar-refractivity contribution in [3.05, 3.63) is 54.3 Å². The highest BCUT2D eigenvalue weighted by molar-refractivity contribution is 5.75. The molecule has 0 aliphatic heterocycles. The molecule has 0 saturated carbocycles. The Balaban J connectivity index is 2.52. The van der Waals surface area contributed by atoms with Crippen LogP contribution in [0.4, 0.5) is 0 Å². The minimum atomic E-state index is 0.337. The summed E-state index contributed by atoms with van der Waals surface area (Å²) >= 11 is 0. The molecule has 1 heterocycles. The first-order valence-electron chi connectivity index (χ1n) is 4.62. The van der Waals surface area contributed by atoms with Gasteiger partial charge in [-0.1, -0.05) is 36.9 Å². The number of benzene rings is 1. The Kier molecular flexibility index (Phi) is 2.50. The summed E-state index contributed by atoms with van der Waals surface area (Å²) in [6.07, 6.45) is 2.46. The fourth-order valence-electron chi connectivity index (χ4n) is 1.46. The lowest BCUT2D eigenvalue weighted by atomic mass is 10.1. The first-order valence-corrected chi connectivity index (χ1v) is 4.62. The zero-order valence-electron chi connectivity index (χ0n) is 8.14. The lowest BCUT2D eigenvalue weighted by Crippen LogP contribution is -1.79. The van der Waals surface area contributed by atoms with Crippen molar-refractivity contribution in [3.63, 3.8) is 0 Å². The Morgan fingerprint density at radius 2 is 1.93 bits per heavy atom. The molecule has 2 heteroatoms. The smallest absolute Gasteiger partial charge is 0.185 e. The van der Waals surface area contributed by atoms with E-state index in [2.05, 4.69) is 6.58 Å². The second-order valence-electron chi connectivity index (χ2n) is 3.11. The minimum Gasteiger partial charge on any atom is -0.453 e. The predicted molar refractivity (Wildman–Crippen MR) is 59.6 cm³/mol. The summed E-state index contributed by atoms with van der Waals surface area (Å²) < 4.78 is 5.35. The van der Waals surface area contributed by atoms with E-state index < -0.39 is 0 Å². The van der Waals surface area contributed by atoms with Gasteiger partial charge in [0.25, 0.3) is 0 Å². The van der Waals surface area contributed by atoms with Crippen LogP contribution in [0.3, 0.4) is 0 Å². The first-order chi connectivity index (χ1) is 7.35. The maximum Gasteiger partial charge on any atom is 0.185 e. The van der Waals surface area contributed by atoms with Gasteiger partial charge in [0.05, 0.1) is 0 Å². The van der Waals surface area contributed by atoms with Crippen LogP contribution in [0.1, 0.15) is 16.1 Å². The summed E-state index contributed by atoms with van der Waals surface area (Å²) in [5.74, 6) is 1.02. The van der Waals surface area contributed by atoms with E-state index in [-0.39, 0.29) is 0 Å². The van der Waals surface area contributed by atoms with Crippen LogP contribution in [0.25, 0.3) is 17.4 Å². The molecular weight excluding hydrogens is 188 g/mol. The Morgan fingerprint density at radius 3 is 2.60 bits per heavy atom. The van der Waals surface area contributed by atoms with E-state index in [4.69, 9.17) is 4.42 Å². The van der Waals surface area contributed by atoms with Gasteiger partial charge in [-0.05, 0) is 17.7 Å². The average molecular weight is 198 g/mol. The van der Waals surface area contributed by atoms with Gasteiger partial charge in [-0.2, -0.15) is 0 Å². The van der Waals surface area contributed by atoms with E-state index in [0.29, 0.717) is 17.8 Å². The highest BCUT2D eigenvalue weighted by Gasteiger charge is 2.06. The van der Waals surface area contributed by atoms with Gasteiger partial charge >= 0.3 is 0 Å². The molecule has 0 unspecified atom stereocenters. The van der Waals surface area contributed by atoms with E-state index in [9.17, 15) is 4.79 Å². The lowest BCUT2D eigenvalue weighted by molar-refractivity contribution is 0.110. The number of carbonyl (C=O) groups is 1. The van der Waals surface area contributed by atoms with Crippen molar-refractivity contribution >= 4 is 12.4 Å². The van der Waals surface area contributed by atoms with Crippen LogP contribution in [-0.2, 0) is 0 Å². The topological polar surface area (TPSA) is 30.2 Å². The van der Waals surface area contributed by atoms with E-state index >= 15 is 0 Å². The minimum absolute atomic E-state index is 0.337. The molecule has 1 aromatic heterocycles. The number of rotatable bonds is 3. The largest absolute Gasteiger partial charge is 0.453 e. The van der Waals surface area contributed by atoms with Crippen molar-refractivity contribution in [3.8, 4) is 11.3 Å². The molecule has 0 radical (unpaired) electrons. The molecule has 15 heavy (non-hydrogen) atoms. The van der Waals surface area contributed by atoms with Gasteiger partial charge in [-0.15, -0.1) is 0 Å². The van der Waals surface area contributed by atoms with Gasteiger partial charge in [0, 0.05) is 5.56 Å². The summed E-state index contributed by atoms with van der Waals surface area (Å²) in [6, 6.07) is 11.2. The number of aldehydes is 1. The molecule has 0 fully saturated rings. The van der Waals surface area contributed by atoms with Crippen molar-refractivity contribution in [2.75, 3.05) is 0 Å². The molecule has 2 aromatic rings. The third kappa shape index (κ3) is 1.74. The molecule has 0 saturated heterocycles. The van der Waals surface area contributed by atoms with E-state index in [1.54, 1.807) is 18.2 Å². The Morgan fingerprint density at radius 1 is 1.13 bits per heavy atom. The van der Waals surface area contributed by atoms with Gasteiger partial charge in [-0.3, -0.25) is 4.79 Å². The predicted octanol–water partition coefficient (Wildman–Crippen LogP) is 3.40. The van der Waals surface area contributed by atoms with Gasteiger partial charge < -0.3 is 4.42 Å². The maximum absolute atomic E-state index is 10.5. The van der Waals surface area contributed by atoms with Gasteiger partial charge in [0.1, 0.15) is 5.76 Å². The Bertz CT molecular complexity index is 495. The molecule has 0 aliphatic carbocycles. The fraction of sp³-hybridized carbons (Fsp3) is 0. The maximum atomic E-state index is 10.5. The molecule has 0 spiro atoms. The molecule has 0 bridgehead atoms. The molecule has 0 atom stereocenters. The summed E-state index contributed by atoms with van der Waals surface area (Å²) in [7, 11) is 0. The molecular formula is C13H10O2. The summed E-state index contributed by atoms with van der Waals surface area (Å²) in [6.45, 7) is 3.73. The fourth-order valence-corrected chi connectivity index (χ4v) is 1.46. The number of hydrogen-bond acceptors (Lipinski definition) is 2. The lowest BCUT2D eigenvalue weighted by Gasteiger charge is -2.01. The van der Waals surface area contributed by atoms with Crippen molar-refractivity contribution in [2.24, 2.45) is 0 Å². The summed E-state index contributed by atoms with van der Waals surface area (Å²) in [5, 5.41) is 0. The SMILES string of the molecule is C=Cc1ccccc1-c1ccc(C=O)o1. The molecule has 2 nitrogen and oxygen atoms in total. The van der Waals surface area contributed by atoms with Crippen molar-refractivity contribution in [1.82, 2.24) is 0 Å². The van der Waals surface area contributed by atoms with Crippen LogP contribution in [-0.4, -0.2) is 6.29 Å². The summed E-state index contributed by atoms with van der Waals surface area (Å²) in [4.78, 5) is 10.5. The van der Waals surface area contributed by atoms with E-state index in [1.807, 2.05) is 24.3 Å². The van der Waals surface area contributed by atoms with Gasteiger partial charge in [-0.25, -0.2) is 0 Å². The highest BCUT2D eigenvalue weighted by atomic mass is 16.3. The molecule has 1 aromatic carbocycles. The van der Waals surface area contributed by atoms with E-state index in [1.165, 1.54) is 0 Å². The van der Waals surface area contributed by atoms with Gasteiger partial charge in [0.15, 0.2) is 12.0 Å². The first kappa shape index (κ1) is 9.46. The quantitative estimate of drug-likeness (QED) is 0.707. The number of hydrogen-bond donors (Lipinski definition) is 0. The molecule has 2 rings (SSSR count). The van der Waals surface area contributed by atoms with Crippen LogP contribution < -0.4 is 0 Å². The zero-order valence-corrected chi connectivity index (χ0v) is 8.14. The molecule has 0 amide bonds. The molecule has 0 aliphatic rings. The number of carbonyl (C=O) groups excluding carboxylic acids is 1. The Labute approximate surface area is 87.8 Å². The second-order valence-corrected chi connectivity index (χ2v) is 3.11. The van der Waals surface area contributed by atoms with Crippen molar-refractivity contribution in [2.45, 2.75) is 0 Å². The van der Waals surface area contributed by atoms with E-state index in [0.717, 1.165) is 11.1 Å². The average Bonchev–Trinajstić information content (AvgIpc) is 2.77. The Hall–Kier alpha value is -2.09. The summed E-state index contributed by atoms with van der Waals surface area (Å²) in [5.41, 5.74) is 1.94. The number of furan rings is 1. The third-order valence-electron chi connectivity index (χ3n) is 2.19. The van der Waals surface area contributed by atoms with Crippen LogP contribution in [0, 0.1) is 0 Å². The van der Waals surface area contributed by atoms with Crippen LogP contribution in [0.2, 0.25) is 0 Å². The monoisotopic (exact) mass is 198 g/mol. The standard InChI is InChI=1S/C13H10O2/c1-2-10-5-3-4-6-12(10)13-8-7-11(9-14)15-13/h2-9H,1H2. The normalized spacial score (nSPS) is 9.87. The highest BCUT2D eigenvalue weighted by Crippen LogP contribution is 2.25. The van der Waals surface area contributed by atoms with Crippen LogP contribution in [0.15, 0.2) is 47.4 Å². The second kappa shape index (κ2) is 3.96.